The average Bonchev–Trinajstić information content (AvgIpc) is 2.98. The van der Waals surface area contributed by atoms with Gasteiger partial charge in [0, 0.05) is 33.4 Å². The molecule has 1 aromatic rings. The van der Waals surface area contributed by atoms with Gasteiger partial charge in [-0.1, -0.05) is 18.9 Å². The van der Waals surface area contributed by atoms with Gasteiger partial charge in [-0.15, -0.1) is 24.8 Å². The summed E-state index contributed by atoms with van der Waals surface area (Å²) in [6, 6.07) is 4.02. The second-order valence-electron chi connectivity index (χ2n) is 6.83. The number of nitrogens with one attached hydrogen (secondary N) is 2. The van der Waals surface area contributed by atoms with Gasteiger partial charge in [-0.25, -0.2) is 4.98 Å². The fourth-order valence-electron chi connectivity index (χ4n) is 3.83. The lowest BCUT2D eigenvalue weighted by atomic mass is 9.67. The fourth-order valence-corrected chi connectivity index (χ4v) is 3.83. The quantitative estimate of drug-likeness (QED) is 0.849. The summed E-state index contributed by atoms with van der Waals surface area (Å²) in [6.45, 7) is 2.39. The Labute approximate surface area is 156 Å². The van der Waals surface area contributed by atoms with E-state index in [0.29, 0.717) is 12.5 Å². The molecule has 2 heterocycles. The van der Waals surface area contributed by atoms with Crippen molar-refractivity contribution in [2.45, 2.75) is 32.2 Å². The van der Waals surface area contributed by atoms with Gasteiger partial charge in [0.15, 0.2) is 0 Å². The van der Waals surface area contributed by atoms with Crippen molar-refractivity contribution >= 4 is 36.5 Å². The van der Waals surface area contributed by atoms with Crippen molar-refractivity contribution in [1.82, 2.24) is 15.6 Å². The smallest absolute Gasteiger partial charge is 0.228 e. The van der Waals surface area contributed by atoms with Crippen LogP contribution in [-0.4, -0.2) is 38.1 Å². The molecule has 0 bridgehead atoms. The van der Waals surface area contributed by atoms with E-state index in [0.717, 1.165) is 30.9 Å². The second kappa shape index (κ2) is 8.88. The molecule has 1 aliphatic carbocycles. The first kappa shape index (κ1) is 21.0. The average molecular weight is 375 g/mol. The summed E-state index contributed by atoms with van der Waals surface area (Å²) in [5.41, 5.74) is 0.878. The predicted octanol–water partition coefficient (Wildman–Crippen LogP) is 2.39. The number of carbonyl (C=O) groups is 1. The summed E-state index contributed by atoms with van der Waals surface area (Å²) in [5, 5.41) is 6.57. The maximum atomic E-state index is 12.8. The summed E-state index contributed by atoms with van der Waals surface area (Å²) in [6.07, 6.45) is 6.48. The third-order valence-corrected chi connectivity index (χ3v) is 5.21. The number of pyridine rings is 1. The van der Waals surface area contributed by atoms with Crippen LogP contribution in [0.25, 0.3) is 0 Å². The standard InChI is InChI=1S/C17H26N4O.2ClH/c1-21(2)15-7-6-13(9-19-15)10-20-16(22)17-8-4-3-5-14(17)11-18-12-17;;/h6-7,9,14,18H,3-5,8,10-12H2,1-2H3,(H,20,22);2*1H/t14-,17+;;/m0../s1. The molecule has 136 valence electrons. The Kier molecular flexibility index (Phi) is 7.77. The monoisotopic (exact) mass is 374 g/mol. The summed E-state index contributed by atoms with van der Waals surface area (Å²) >= 11 is 0. The molecule has 1 saturated carbocycles. The second-order valence-corrected chi connectivity index (χ2v) is 6.83. The maximum absolute atomic E-state index is 12.8. The molecule has 1 amide bonds. The van der Waals surface area contributed by atoms with E-state index in [2.05, 4.69) is 15.6 Å². The topological polar surface area (TPSA) is 57.3 Å². The fraction of sp³-hybridized carbons (Fsp3) is 0.647. The van der Waals surface area contributed by atoms with Crippen molar-refractivity contribution in [3.05, 3.63) is 23.9 Å². The number of aromatic nitrogens is 1. The molecule has 1 aromatic heterocycles. The molecule has 5 nitrogen and oxygen atoms in total. The number of amides is 1. The van der Waals surface area contributed by atoms with Crippen molar-refractivity contribution in [1.29, 1.82) is 0 Å². The molecule has 24 heavy (non-hydrogen) atoms. The van der Waals surface area contributed by atoms with Gasteiger partial charge >= 0.3 is 0 Å². The van der Waals surface area contributed by atoms with Gasteiger partial charge in [-0.3, -0.25) is 4.79 Å². The van der Waals surface area contributed by atoms with E-state index in [4.69, 9.17) is 0 Å². The number of hydrogen-bond acceptors (Lipinski definition) is 4. The van der Waals surface area contributed by atoms with E-state index in [1.807, 2.05) is 37.3 Å². The minimum Gasteiger partial charge on any atom is -0.363 e. The van der Waals surface area contributed by atoms with Crippen molar-refractivity contribution in [3.63, 3.8) is 0 Å². The maximum Gasteiger partial charge on any atom is 0.228 e. The minimum absolute atomic E-state index is 0. The molecule has 2 fully saturated rings. The van der Waals surface area contributed by atoms with E-state index in [-0.39, 0.29) is 36.1 Å². The van der Waals surface area contributed by atoms with E-state index in [9.17, 15) is 4.79 Å². The van der Waals surface area contributed by atoms with Crippen LogP contribution in [0.1, 0.15) is 31.2 Å². The number of carbonyl (C=O) groups excluding carboxylic acids is 1. The van der Waals surface area contributed by atoms with Crippen molar-refractivity contribution in [2.24, 2.45) is 11.3 Å². The SMILES string of the molecule is CN(C)c1ccc(CNC(=O)[C@@]23CCCC[C@H]2CNC3)cn1.Cl.Cl. The van der Waals surface area contributed by atoms with Gasteiger partial charge in [0.2, 0.25) is 5.91 Å². The Balaban J connectivity index is 0.00000144. The van der Waals surface area contributed by atoms with Gasteiger partial charge in [-0.2, -0.15) is 0 Å². The Morgan fingerprint density at radius 3 is 2.83 bits per heavy atom. The van der Waals surface area contributed by atoms with Gasteiger partial charge in [0.05, 0.1) is 5.41 Å². The van der Waals surface area contributed by atoms with Gasteiger partial charge in [-0.05, 0) is 36.9 Å². The predicted molar refractivity (Wildman–Crippen MR) is 102 cm³/mol. The zero-order chi connectivity index (χ0) is 15.6. The number of hydrogen-bond donors (Lipinski definition) is 2. The highest BCUT2D eigenvalue weighted by Crippen LogP contribution is 2.43. The summed E-state index contributed by atoms with van der Waals surface area (Å²) in [7, 11) is 3.94. The van der Waals surface area contributed by atoms with Crippen LogP contribution < -0.4 is 15.5 Å². The number of nitrogens with zero attached hydrogens (tertiary/aromatic N) is 2. The van der Waals surface area contributed by atoms with Crippen LogP contribution in [0.3, 0.4) is 0 Å². The molecule has 1 saturated heterocycles. The molecule has 2 N–H and O–H groups in total. The molecule has 2 atom stereocenters. The summed E-state index contributed by atoms with van der Waals surface area (Å²) < 4.78 is 0. The van der Waals surface area contributed by atoms with Gasteiger partial charge in [0.25, 0.3) is 0 Å². The van der Waals surface area contributed by atoms with Crippen LogP contribution in [0.5, 0.6) is 0 Å². The number of fused-ring (bicyclic) bond motifs is 1. The lowest BCUT2D eigenvalue weighted by Crippen LogP contribution is -2.47. The molecule has 0 spiro atoms. The molecule has 0 radical (unpaired) electrons. The van der Waals surface area contributed by atoms with Gasteiger partial charge in [0.1, 0.15) is 5.82 Å². The molecule has 7 heteroatoms. The minimum atomic E-state index is -0.171. The molecular weight excluding hydrogens is 347 g/mol. The highest BCUT2D eigenvalue weighted by atomic mass is 35.5. The lowest BCUT2D eigenvalue weighted by Gasteiger charge is -2.37. The van der Waals surface area contributed by atoms with Crippen LogP contribution in [-0.2, 0) is 11.3 Å². The lowest BCUT2D eigenvalue weighted by molar-refractivity contribution is -0.134. The highest BCUT2D eigenvalue weighted by Gasteiger charge is 2.49. The zero-order valence-electron chi connectivity index (χ0n) is 14.4. The molecule has 3 rings (SSSR count). The Morgan fingerprint density at radius 1 is 1.38 bits per heavy atom. The van der Waals surface area contributed by atoms with E-state index < -0.39 is 0 Å². The van der Waals surface area contributed by atoms with E-state index >= 15 is 0 Å². The molecule has 1 aliphatic heterocycles. The highest BCUT2D eigenvalue weighted by molar-refractivity contribution is 5.85. The first-order chi connectivity index (χ1) is 10.6. The summed E-state index contributed by atoms with van der Waals surface area (Å²) in [4.78, 5) is 19.1. The van der Waals surface area contributed by atoms with Crippen LogP contribution >= 0.6 is 24.8 Å². The van der Waals surface area contributed by atoms with Crippen LogP contribution in [0.2, 0.25) is 0 Å². The third kappa shape index (κ3) is 4.13. The van der Waals surface area contributed by atoms with Crippen LogP contribution in [0, 0.1) is 11.3 Å². The normalized spacial score (nSPS) is 25.0. The summed E-state index contributed by atoms with van der Waals surface area (Å²) in [5.74, 6) is 1.66. The van der Waals surface area contributed by atoms with Crippen molar-refractivity contribution in [2.75, 3.05) is 32.1 Å². The first-order valence-electron chi connectivity index (χ1n) is 8.23. The van der Waals surface area contributed by atoms with E-state index in [1.54, 1.807) is 0 Å². The number of halogens is 2. The molecule has 0 aromatic carbocycles. The van der Waals surface area contributed by atoms with Crippen LogP contribution in [0.4, 0.5) is 5.82 Å². The van der Waals surface area contributed by atoms with Gasteiger partial charge < -0.3 is 15.5 Å². The Hall–Kier alpha value is -1.04. The largest absolute Gasteiger partial charge is 0.363 e. The van der Waals surface area contributed by atoms with Crippen molar-refractivity contribution < 1.29 is 4.79 Å². The van der Waals surface area contributed by atoms with E-state index in [1.165, 1.54) is 19.3 Å². The number of anilines is 1. The number of rotatable bonds is 4. The zero-order valence-corrected chi connectivity index (χ0v) is 16.0. The molecular formula is C17H28Cl2N4O. The van der Waals surface area contributed by atoms with Crippen molar-refractivity contribution in [3.8, 4) is 0 Å². The van der Waals surface area contributed by atoms with Crippen LogP contribution in [0.15, 0.2) is 18.3 Å². The molecule has 2 aliphatic rings. The Bertz CT molecular complexity index is 538. The third-order valence-electron chi connectivity index (χ3n) is 5.21. The molecule has 0 unspecified atom stereocenters. The Morgan fingerprint density at radius 2 is 2.17 bits per heavy atom. The first-order valence-corrected chi connectivity index (χ1v) is 8.23.